The molecule has 0 aliphatic carbocycles. The van der Waals surface area contributed by atoms with Crippen molar-refractivity contribution < 1.29 is 28.6 Å². The average Bonchev–Trinajstić information content (AvgIpc) is 2.85. The highest BCUT2D eigenvalue weighted by molar-refractivity contribution is 5.94. The Hall–Kier alpha value is -4.33. The molecule has 0 bridgehead atoms. The third-order valence-electron chi connectivity index (χ3n) is 4.49. The van der Waals surface area contributed by atoms with Gasteiger partial charge in [0, 0.05) is 17.8 Å². The zero-order valence-corrected chi connectivity index (χ0v) is 18.8. The van der Waals surface area contributed by atoms with Crippen molar-refractivity contribution in [3.05, 3.63) is 78.9 Å². The van der Waals surface area contributed by atoms with E-state index < -0.39 is 18.5 Å². The number of amides is 2. The van der Waals surface area contributed by atoms with Gasteiger partial charge in [0.1, 0.15) is 17.2 Å². The summed E-state index contributed by atoms with van der Waals surface area (Å²) in [6.07, 6.45) is -0.196. The van der Waals surface area contributed by atoms with Gasteiger partial charge in [-0.1, -0.05) is 18.2 Å². The number of esters is 1. The Labute approximate surface area is 197 Å². The lowest BCUT2D eigenvalue weighted by atomic mass is 10.2. The second kappa shape index (κ2) is 12.6. The van der Waals surface area contributed by atoms with Crippen LogP contribution in [0, 0.1) is 0 Å². The van der Waals surface area contributed by atoms with E-state index in [1.165, 1.54) is 0 Å². The summed E-state index contributed by atoms with van der Waals surface area (Å²) in [6.45, 7) is 2.00. The Bertz CT molecular complexity index is 1080. The highest BCUT2D eigenvalue weighted by Gasteiger charge is 2.11. The van der Waals surface area contributed by atoms with E-state index in [4.69, 9.17) is 14.2 Å². The van der Waals surface area contributed by atoms with Crippen molar-refractivity contribution in [2.75, 3.05) is 23.8 Å². The van der Waals surface area contributed by atoms with Gasteiger partial charge < -0.3 is 24.8 Å². The van der Waals surface area contributed by atoms with E-state index in [1.54, 1.807) is 48.5 Å². The van der Waals surface area contributed by atoms with Crippen molar-refractivity contribution in [3.63, 3.8) is 0 Å². The van der Waals surface area contributed by atoms with Crippen LogP contribution in [0.1, 0.15) is 19.8 Å². The molecule has 2 amide bonds. The molecule has 0 spiro atoms. The first-order valence-electron chi connectivity index (χ1n) is 10.8. The molecule has 0 saturated heterocycles. The molecule has 8 nitrogen and oxygen atoms in total. The number of hydrogen-bond donors (Lipinski definition) is 2. The van der Waals surface area contributed by atoms with E-state index in [0.717, 1.165) is 0 Å². The van der Waals surface area contributed by atoms with Crippen LogP contribution in [0.2, 0.25) is 0 Å². The maximum atomic E-state index is 12.0. The van der Waals surface area contributed by atoms with Crippen LogP contribution in [0.3, 0.4) is 0 Å². The summed E-state index contributed by atoms with van der Waals surface area (Å²) in [5, 5.41) is 5.33. The van der Waals surface area contributed by atoms with Crippen molar-refractivity contribution >= 4 is 29.2 Å². The van der Waals surface area contributed by atoms with Crippen LogP contribution in [0.15, 0.2) is 78.9 Å². The lowest BCUT2D eigenvalue weighted by Gasteiger charge is -2.09. The van der Waals surface area contributed by atoms with E-state index >= 15 is 0 Å². The minimum Gasteiger partial charge on any atom is -0.494 e. The van der Waals surface area contributed by atoms with Gasteiger partial charge in [-0.15, -0.1) is 0 Å². The Morgan fingerprint density at radius 3 is 1.85 bits per heavy atom. The monoisotopic (exact) mass is 462 g/mol. The fraction of sp³-hybridized carbons (Fsp3) is 0.192. The third kappa shape index (κ3) is 8.31. The quantitative estimate of drug-likeness (QED) is 0.398. The van der Waals surface area contributed by atoms with Crippen molar-refractivity contribution in [3.8, 4) is 17.2 Å². The van der Waals surface area contributed by atoms with E-state index in [9.17, 15) is 14.4 Å². The zero-order chi connectivity index (χ0) is 24.2. The smallest absolute Gasteiger partial charge is 0.306 e. The van der Waals surface area contributed by atoms with Gasteiger partial charge in [0.05, 0.1) is 13.0 Å². The van der Waals surface area contributed by atoms with Crippen LogP contribution in [0.25, 0.3) is 0 Å². The molecule has 176 valence electrons. The Morgan fingerprint density at radius 2 is 1.24 bits per heavy atom. The van der Waals surface area contributed by atoms with Gasteiger partial charge in [-0.3, -0.25) is 14.4 Å². The van der Waals surface area contributed by atoms with Crippen molar-refractivity contribution in [1.82, 2.24) is 0 Å². The fourth-order valence-corrected chi connectivity index (χ4v) is 2.89. The maximum absolute atomic E-state index is 12.0. The summed E-state index contributed by atoms with van der Waals surface area (Å²) in [4.78, 5) is 35.9. The predicted molar refractivity (Wildman–Crippen MR) is 128 cm³/mol. The molecule has 0 saturated carbocycles. The Kier molecular flexibility index (Phi) is 9.04. The van der Waals surface area contributed by atoms with E-state index in [1.807, 2.05) is 37.3 Å². The van der Waals surface area contributed by atoms with Crippen molar-refractivity contribution in [1.29, 1.82) is 0 Å². The first-order chi connectivity index (χ1) is 16.5. The standard InChI is InChI=1S/C26H26N2O6/c1-2-32-21-12-8-19(9-13-21)27-24(29)16-17-26(31)33-18-25(30)28-20-10-14-23(15-11-20)34-22-6-4-3-5-7-22/h3-15H,2,16-18H2,1H3,(H,27,29)(H,28,30). The number of benzene rings is 3. The highest BCUT2D eigenvalue weighted by atomic mass is 16.5. The second-order valence-corrected chi connectivity index (χ2v) is 7.15. The van der Waals surface area contributed by atoms with Crippen LogP contribution in [0.4, 0.5) is 11.4 Å². The number of nitrogens with one attached hydrogen (secondary N) is 2. The van der Waals surface area contributed by atoms with E-state index in [0.29, 0.717) is 35.2 Å². The summed E-state index contributed by atoms with van der Waals surface area (Å²) in [7, 11) is 0. The van der Waals surface area contributed by atoms with Crippen LogP contribution >= 0.6 is 0 Å². The zero-order valence-electron chi connectivity index (χ0n) is 18.8. The Morgan fingerprint density at radius 1 is 0.676 bits per heavy atom. The molecule has 2 N–H and O–H groups in total. The number of para-hydroxylation sites is 1. The average molecular weight is 463 g/mol. The van der Waals surface area contributed by atoms with Crippen LogP contribution in [-0.2, 0) is 19.1 Å². The van der Waals surface area contributed by atoms with Gasteiger partial charge >= 0.3 is 5.97 Å². The largest absolute Gasteiger partial charge is 0.494 e. The highest BCUT2D eigenvalue weighted by Crippen LogP contribution is 2.22. The number of carbonyl (C=O) groups is 3. The van der Waals surface area contributed by atoms with Crippen LogP contribution < -0.4 is 20.1 Å². The van der Waals surface area contributed by atoms with Gasteiger partial charge in [-0.2, -0.15) is 0 Å². The van der Waals surface area contributed by atoms with E-state index in [-0.39, 0.29) is 18.7 Å². The normalized spacial score (nSPS) is 10.1. The topological polar surface area (TPSA) is 103 Å². The fourth-order valence-electron chi connectivity index (χ4n) is 2.89. The van der Waals surface area contributed by atoms with Gasteiger partial charge in [0.25, 0.3) is 5.91 Å². The number of anilines is 2. The summed E-state index contributed by atoms with van der Waals surface area (Å²) in [5.74, 6) is 0.591. The molecule has 8 heteroatoms. The van der Waals surface area contributed by atoms with E-state index in [2.05, 4.69) is 10.6 Å². The minimum atomic E-state index is -0.636. The lowest BCUT2D eigenvalue weighted by molar-refractivity contribution is -0.147. The van der Waals surface area contributed by atoms with Crippen molar-refractivity contribution in [2.24, 2.45) is 0 Å². The third-order valence-corrected chi connectivity index (χ3v) is 4.49. The SMILES string of the molecule is CCOc1ccc(NC(=O)CCC(=O)OCC(=O)Nc2ccc(Oc3ccccc3)cc2)cc1. The molecule has 0 atom stereocenters. The first kappa shape index (κ1) is 24.3. The van der Waals surface area contributed by atoms with Crippen molar-refractivity contribution in [2.45, 2.75) is 19.8 Å². The first-order valence-corrected chi connectivity index (χ1v) is 10.8. The van der Waals surface area contributed by atoms with Gasteiger partial charge in [0.2, 0.25) is 5.91 Å². The number of ether oxygens (including phenoxy) is 3. The number of carbonyl (C=O) groups excluding carboxylic acids is 3. The lowest BCUT2D eigenvalue weighted by Crippen LogP contribution is -2.21. The summed E-state index contributed by atoms with van der Waals surface area (Å²) >= 11 is 0. The Balaban J connectivity index is 1.34. The summed E-state index contributed by atoms with van der Waals surface area (Å²) < 4.78 is 16.0. The molecule has 0 aliphatic rings. The predicted octanol–water partition coefficient (Wildman–Crippen LogP) is 4.78. The second-order valence-electron chi connectivity index (χ2n) is 7.15. The minimum absolute atomic E-state index is 0.0590. The molecular formula is C26H26N2O6. The molecule has 3 rings (SSSR count). The molecule has 3 aromatic carbocycles. The van der Waals surface area contributed by atoms with Crippen LogP contribution in [-0.4, -0.2) is 31.0 Å². The molecule has 0 unspecified atom stereocenters. The maximum Gasteiger partial charge on any atom is 0.306 e. The van der Waals surface area contributed by atoms with Gasteiger partial charge in [0.15, 0.2) is 6.61 Å². The van der Waals surface area contributed by atoms with Gasteiger partial charge in [-0.05, 0) is 67.6 Å². The molecule has 0 aliphatic heterocycles. The molecule has 0 radical (unpaired) electrons. The molecule has 3 aromatic rings. The molecule has 0 fully saturated rings. The number of hydrogen-bond acceptors (Lipinski definition) is 6. The van der Waals surface area contributed by atoms with Crippen LogP contribution in [0.5, 0.6) is 17.2 Å². The molecule has 34 heavy (non-hydrogen) atoms. The summed E-state index contributed by atoms with van der Waals surface area (Å²) in [6, 6.07) is 23.1. The molecular weight excluding hydrogens is 436 g/mol. The molecule has 0 aromatic heterocycles. The van der Waals surface area contributed by atoms with Gasteiger partial charge in [-0.25, -0.2) is 0 Å². The summed E-state index contributed by atoms with van der Waals surface area (Å²) in [5.41, 5.74) is 1.14. The molecule has 0 heterocycles. The number of rotatable bonds is 11.